The molecule has 1 saturated heterocycles. The fourth-order valence-corrected chi connectivity index (χ4v) is 2.94. The van der Waals surface area contributed by atoms with Gasteiger partial charge in [0, 0.05) is 18.2 Å². The van der Waals surface area contributed by atoms with Crippen LogP contribution >= 0.6 is 0 Å². The van der Waals surface area contributed by atoms with Gasteiger partial charge in [-0.3, -0.25) is 4.90 Å². The molecule has 0 aromatic heterocycles. The monoisotopic (exact) mass is 199 g/mol. The molecule has 0 radical (unpaired) electrons. The first-order valence-electron chi connectivity index (χ1n) is 5.85. The average Bonchev–Trinajstić information content (AvgIpc) is 2.01. The van der Waals surface area contributed by atoms with Gasteiger partial charge in [0.1, 0.15) is 0 Å². The van der Waals surface area contributed by atoms with E-state index in [2.05, 4.69) is 32.6 Å². The molecule has 1 heterocycles. The Morgan fingerprint density at radius 1 is 1.43 bits per heavy atom. The van der Waals surface area contributed by atoms with Crippen molar-refractivity contribution in [1.29, 1.82) is 0 Å². The van der Waals surface area contributed by atoms with Crippen LogP contribution in [0.15, 0.2) is 0 Å². The van der Waals surface area contributed by atoms with E-state index in [1.165, 1.54) is 19.4 Å². The maximum atomic E-state index is 8.95. The Morgan fingerprint density at radius 2 is 2.07 bits per heavy atom. The molecule has 1 unspecified atom stereocenters. The second-order valence-corrected chi connectivity index (χ2v) is 5.47. The van der Waals surface area contributed by atoms with Crippen LogP contribution in [0.2, 0.25) is 0 Å². The summed E-state index contributed by atoms with van der Waals surface area (Å²) < 4.78 is 0. The largest absolute Gasteiger partial charge is 0.396 e. The van der Waals surface area contributed by atoms with Crippen LogP contribution in [-0.2, 0) is 0 Å². The van der Waals surface area contributed by atoms with Gasteiger partial charge in [-0.2, -0.15) is 0 Å². The number of likely N-dealkylation sites (tertiary alicyclic amines) is 1. The highest BCUT2D eigenvalue weighted by Crippen LogP contribution is 2.34. The van der Waals surface area contributed by atoms with Crippen molar-refractivity contribution in [1.82, 2.24) is 4.90 Å². The van der Waals surface area contributed by atoms with Crippen LogP contribution in [0, 0.1) is 5.92 Å². The summed E-state index contributed by atoms with van der Waals surface area (Å²) in [6, 6.07) is 0.639. The minimum absolute atomic E-state index is 0.312. The molecule has 1 fully saturated rings. The minimum Gasteiger partial charge on any atom is -0.396 e. The van der Waals surface area contributed by atoms with Gasteiger partial charge in [-0.15, -0.1) is 0 Å². The molecule has 0 bridgehead atoms. The number of aliphatic hydroxyl groups is 1. The van der Waals surface area contributed by atoms with Gasteiger partial charge < -0.3 is 5.11 Å². The summed E-state index contributed by atoms with van der Waals surface area (Å²) in [6.45, 7) is 10.7. The highest BCUT2D eigenvalue weighted by atomic mass is 16.3. The van der Waals surface area contributed by atoms with Gasteiger partial charge in [-0.1, -0.05) is 0 Å². The molecule has 0 saturated carbocycles. The minimum atomic E-state index is 0.312. The lowest BCUT2D eigenvalue weighted by Gasteiger charge is -2.48. The van der Waals surface area contributed by atoms with Crippen LogP contribution in [0.4, 0.5) is 0 Å². The third kappa shape index (κ3) is 2.71. The van der Waals surface area contributed by atoms with E-state index in [0.717, 1.165) is 12.3 Å². The first-order chi connectivity index (χ1) is 6.47. The second kappa shape index (κ2) is 4.63. The molecule has 14 heavy (non-hydrogen) atoms. The Bertz CT molecular complexity index is 177. The van der Waals surface area contributed by atoms with Crippen molar-refractivity contribution in [2.24, 2.45) is 5.92 Å². The van der Waals surface area contributed by atoms with Crippen LogP contribution in [0.25, 0.3) is 0 Å². The second-order valence-electron chi connectivity index (χ2n) is 5.47. The molecule has 0 spiro atoms. The SMILES string of the molecule is CC(C)N1CCC(CCO)CC1(C)C. The van der Waals surface area contributed by atoms with Crippen molar-refractivity contribution in [3.05, 3.63) is 0 Å². The van der Waals surface area contributed by atoms with Crippen molar-refractivity contribution >= 4 is 0 Å². The Hall–Kier alpha value is -0.0800. The van der Waals surface area contributed by atoms with E-state index in [1.807, 2.05) is 0 Å². The summed E-state index contributed by atoms with van der Waals surface area (Å²) in [6.07, 6.45) is 3.46. The fraction of sp³-hybridized carbons (Fsp3) is 1.00. The molecule has 0 aliphatic carbocycles. The summed E-state index contributed by atoms with van der Waals surface area (Å²) in [4.78, 5) is 2.58. The summed E-state index contributed by atoms with van der Waals surface area (Å²) in [5.41, 5.74) is 0.312. The van der Waals surface area contributed by atoms with Crippen molar-refractivity contribution < 1.29 is 5.11 Å². The van der Waals surface area contributed by atoms with E-state index >= 15 is 0 Å². The normalized spacial score (nSPS) is 28.3. The smallest absolute Gasteiger partial charge is 0.0433 e. The zero-order valence-corrected chi connectivity index (χ0v) is 10.1. The molecule has 84 valence electrons. The van der Waals surface area contributed by atoms with Crippen molar-refractivity contribution in [3.63, 3.8) is 0 Å². The Labute approximate surface area is 88.3 Å². The lowest BCUT2D eigenvalue weighted by atomic mass is 9.80. The molecular formula is C12H25NO. The van der Waals surface area contributed by atoms with E-state index in [9.17, 15) is 0 Å². The molecule has 0 aromatic rings. The quantitative estimate of drug-likeness (QED) is 0.753. The molecule has 0 amide bonds. The number of hydrogen-bond acceptors (Lipinski definition) is 2. The van der Waals surface area contributed by atoms with E-state index in [0.29, 0.717) is 18.2 Å². The van der Waals surface area contributed by atoms with Crippen LogP contribution < -0.4 is 0 Å². The van der Waals surface area contributed by atoms with Gasteiger partial charge in [0.15, 0.2) is 0 Å². The summed E-state index contributed by atoms with van der Waals surface area (Å²) in [5.74, 6) is 0.727. The lowest BCUT2D eigenvalue weighted by Crippen LogP contribution is -2.53. The van der Waals surface area contributed by atoms with Crippen LogP contribution in [-0.4, -0.2) is 34.7 Å². The fourth-order valence-electron chi connectivity index (χ4n) is 2.94. The Balaban J connectivity index is 2.56. The zero-order chi connectivity index (χ0) is 10.8. The molecule has 0 aromatic carbocycles. The van der Waals surface area contributed by atoms with Crippen LogP contribution in [0.1, 0.15) is 47.0 Å². The van der Waals surface area contributed by atoms with E-state index in [-0.39, 0.29) is 0 Å². The molecule has 1 rings (SSSR count). The molecule has 1 aliphatic heterocycles. The maximum absolute atomic E-state index is 8.95. The van der Waals surface area contributed by atoms with Crippen molar-refractivity contribution in [2.75, 3.05) is 13.2 Å². The summed E-state index contributed by atoms with van der Waals surface area (Å²) >= 11 is 0. The molecule has 1 aliphatic rings. The Kier molecular flexibility index (Phi) is 3.96. The van der Waals surface area contributed by atoms with Gasteiger partial charge in [-0.25, -0.2) is 0 Å². The van der Waals surface area contributed by atoms with Crippen molar-refractivity contribution in [3.8, 4) is 0 Å². The first kappa shape index (κ1) is 12.0. The third-order valence-corrected chi connectivity index (χ3v) is 3.50. The van der Waals surface area contributed by atoms with Crippen molar-refractivity contribution in [2.45, 2.75) is 58.5 Å². The molecule has 2 heteroatoms. The summed E-state index contributed by atoms with van der Waals surface area (Å²) in [5, 5.41) is 8.95. The number of nitrogens with zero attached hydrogens (tertiary/aromatic N) is 1. The first-order valence-corrected chi connectivity index (χ1v) is 5.85. The Morgan fingerprint density at radius 3 is 2.50 bits per heavy atom. The van der Waals surface area contributed by atoms with Gasteiger partial charge >= 0.3 is 0 Å². The van der Waals surface area contributed by atoms with Crippen LogP contribution in [0.3, 0.4) is 0 Å². The lowest BCUT2D eigenvalue weighted by molar-refractivity contribution is 0.0151. The predicted octanol–water partition coefficient (Wildman–Crippen LogP) is 2.27. The maximum Gasteiger partial charge on any atom is 0.0433 e. The van der Waals surface area contributed by atoms with E-state index in [1.54, 1.807) is 0 Å². The van der Waals surface area contributed by atoms with E-state index < -0.39 is 0 Å². The molecule has 2 nitrogen and oxygen atoms in total. The van der Waals surface area contributed by atoms with Gasteiger partial charge in [-0.05, 0) is 59.4 Å². The number of piperidine rings is 1. The standard InChI is InChI=1S/C12H25NO/c1-10(2)13-7-5-11(6-8-14)9-12(13,3)4/h10-11,14H,5-9H2,1-4H3. The van der Waals surface area contributed by atoms with Gasteiger partial charge in [0.25, 0.3) is 0 Å². The highest BCUT2D eigenvalue weighted by molar-refractivity contribution is 4.90. The van der Waals surface area contributed by atoms with Gasteiger partial charge in [0.05, 0.1) is 0 Å². The molecule has 1 atom stereocenters. The number of aliphatic hydroxyl groups excluding tert-OH is 1. The van der Waals surface area contributed by atoms with Crippen LogP contribution in [0.5, 0.6) is 0 Å². The zero-order valence-electron chi connectivity index (χ0n) is 10.1. The van der Waals surface area contributed by atoms with E-state index in [4.69, 9.17) is 5.11 Å². The average molecular weight is 199 g/mol. The molecular weight excluding hydrogens is 174 g/mol. The summed E-state index contributed by atoms with van der Waals surface area (Å²) in [7, 11) is 0. The topological polar surface area (TPSA) is 23.5 Å². The van der Waals surface area contributed by atoms with Gasteiger partial charge in [0.2, 0.25) is 0 Å². The molecule has 1 N–H and O–H groups in total. The third-order valence-electron chi connectivity index (χ3n) is 3.50. The number of hydrogen-bond donors (Lipinski definition) is 1. The number of rotatable bonds is 3. The predicted molar refractivity (Wildman–Crippen MR) is 60.3 cm³/mol. The highest BCUT2D eigenvalue weighted by Gasteiger charge is 2.35.